The van der Waals surface area contributed by atoms with Gasteiger partial charge in [0.1, 0.15) is 0 Å². The maximum absolute atomic E-state index is 13.5. The lowest BCUT2D eigenvalue weighted by molar-refractivity contribution is -0.128. The summed E-state index contributed by atoms with van der Waals surface area (Å²) in [6.07, 6.45) is 5.45. The standard InChI is InChI=1S/C28H30N6O3S/c1-2-22(35)33-14-6-9-18(16-33)31-26(36)25-24-23-21(11-13-30-27(23)38-25)34(28(37)32-24)19-10-12-29-20(15-19)17-7-4-3-5-8-17/h2-5,7-8,10,12,15,18,21,23,27,30H,1,6,9,11,13-14,16H2,(H,31,36)(H,32,37)/t18-,21?,23?,27?/m1/s1. The van der Waals surface area contributed by atoms with Crippen molar-refractivity contribution in [2.45, 2.75) is 36.7 Å². The summed E-state index contributed by atoms with van der Waals surface area (Å²) in [5.41, 5.74) is 3.28. The molecule has 0 saturated carbocycles. The number of nitrogens with one attached hydrogen (secondary N) is 3. The van der Waals surface area contributed by atoms with Crippen LogP contribution in [0.15, 0.2) is 71.9 Å². The van der Waals surface area contributed by atoms with Crippen LogP contribution in [-0.4, -0.2) is 64.8 Å². The Morgan fingerprint density at radius 2 is 2.03 bits per heavy atom. The molecule has 9 nitrogen and oxygen atoms in total. The summed E-state index contributed by atoms with van der Waals surface area (Å²) in [5, 5.41) is 9.72. The molecule has 5 heterocycles. The molecular weight excluding hydrogens is 500 g/mol. The normalized spacial score (nSPS) is 26.5. The molecule has 2 aromatic rings. The Balaban J connectivity index is 1.25. The Morgan fingerprint density at radius 3 is 2.84 bits per heavy atom. The van der Waals surface area contributed by atoms with Crippen molar-refractivity contribution in [3.63, 3.8) is 0 Å². The number of likely N-dealkylation sites (tertiary alicyclic amines) is 1. The highest BCUT2D eigenvalue weighted by Crippen LogP contribution is 2.48. The number of hydrogen-bond donors (Lipinski definition) is 3. The van der Waals surface area contributed by atoms with Crippen LogP contribution in [0.1, 0.15) is 19.3 Å². The van der Waals surface area contributed by atoms with Gasteiger partial charge in [0.2, 0.25) is 5.91 Å². The van der Waals surface area contributed by atoms with Crippen LogP contribution >= 0.6 is 11.8 Å². The Labute approximate surface area is 225 Å². The Kier molecular flexibility index (Phi) is 6.67. The number of aromatic nitrogens is 1. The lowest BCUT2D eigenvalue weighted by Gasteiger charge is -2.45. The third-order valence-corrected chi connectivity index (χ3v) is 9.04. The number of anilines is 1. The first-order chi connectivity index (χ1) is 18.5. The van der Waals surface area contributed by atoms with Crippen molar-refractivity contribution in [1.29, 1.82) is 0 Å². The molecular formula is C28H30N6O3S. The highest BCUT2D eigenvalue weighted by molar-refractivity contribution is 8.04. The molecule has 1 aromatic carbocycles. The number of carbonyl (C=O) groups excluding carboxylic acids is 3. The minimum Gasteiger partial charge on any atom is -0.347 e. The van der Waals surface area contributed by atoms with E-state index in [1.54, 1.807) is 11.1 Å². The SMILES string of the molecule is C=CC(=O)N1CCC[C@@H](NC(=O)C2=C3NC(=O)N(c4ccnc(-c5ccccc5)c4)C4CCNC(S2)C34)C1. The van der Waals surface area contributed by atoms with Gasteiger partial charge in [0.25, 0.3) is 5.91 Å². The molecule has 3 N–H and O–H groups in total. The van der Waals surface area contributed by atoms with Crippen LogP contribution in [0.25, 0.3) is 11.3 Å². The second kappa shape index (κ2) is 10.3. The molecule has 4 aliphatic rings. The van der Waals surface area contributed by atoms with Crippen LogP contribution in [-0.2, 0) is 9.59 Å². The van der Waals surface area contributed by atoms with Crippen molar-refractivity contribution in [2.75, 3.05) is 24.5 Å². The predicted molar refractivity (Wildman–Crippen MR) is 147 cm³/mol. The zero-order valence-corrected chi connectivity index (χ0v) is 21.7. The topological polar surface area (TPSA) is 107 Å². The van der Waals surface area contributed by atoms with E-state index >= 15 is 0 Å². The minimum atomic E-state index is -0.236. The van der Waals surface area contributed by atoms with Gasteiger partial charge in [0.15, 0.2) is 0 Å². The van der Waals surface area contributed by atoms with Gasteiger partial charge >= 0.3 is 6.03 Å². The maximum Gasteiger partial charge on any atom is 0.326 e. The average Bonchev–Trinajstić information content (AvgIpc) is 3.33. The molecule has 1 aromatic heterocycles. The molecule has 3 saturated heterocycles. The second-order valence-corrected chi connectivity index (χ2v) is 11.1. The molecule has 4 aliphatic heterocycles. The Morgan fingerprint density at radius 1 is 1.18 bits per heavy atom. The zero-order valence-electron chi connectivity index (χ0n) is 20.9. The van der Waals surface area contributed by atoms with Crippen molar-refractivity contribution in [2.24, 2.45) is 5.92 Å². The van der Waals surface area contributed by atoms with Gasteiger partial charge in [-0.05, 0) is 44.0 Å². The summed E-state index contributed by atoms with van der Waals surface area (Å²) in [5.74, 6) is -0.349. The van der Waals surface area contributed by atoms with E-state index in [2.05, 4.69) is 27.5 Å². The van der Waals surface area contributed by atoms with E-state index in [9.17, 15) is 14.4 Å². The largest absolute Gasteiger partial charge is 0.347 e. The average molecular weight is 531 g/mol. The van der Waals surface area contributed by atoms with E-state index in [0.717, 1.165) is 42.8 Å². The summed E-state index contributed by atoms with van der Waals surface area (Å²) >= 11 is 1.48. The molecule has 0 spiro atoms. The van der Waals surface area contributed by atoms with Gasteiger partial charge in [-0.25, -0.2) is 4.79 Å². The van der Waals surface area contributed by atoms with Crippen LogP contribution in [0, 0.1) is 5.92 Å². The molecule has 4 atom stereocenters. The Hall–Kier alpha value is -3.63. The molecule has 0 aliphatic carbocycles. The number of rotatable bonds is 5. The summed E-state index contributed by atoms with van der Waals surface area (Å²) in [6.45, 7) is 5.46. The van der Waals surface area contributed by atoms with Gasteiger partial charge in [-0.1, -0.05) is 48.7 Å². The van der Waals surface area contributed by atoms with Gasteiger partial charge in [0.05, 0.1) is 22.0 Å². The predicted octanol–water partition coefficient (Wildman–Crippen LogP) is 2.83. The number of thioether (sulfide) groups is 1. The summed E-state index contributed by atoms with van der Waals surface area (Å²) in [4.78, 5) is 47.7. The number of amides is 4. The molecule has 0 radical (unpaired) electrons. The number of carbonyl (C=O) groups is 3. The molecule has 3 fully saturated rings. The van der Waals surface area contributed by atoms with E-state index in [4.69, 9.17) is 0 Å². The maximum atomic E-state index is 13.5. The first-order valence-corrected chi connectivity index (χ1v) is 13.9. The first-order valence-electron chi connectivity index (χ1n) is 13.0. The lowest BCUT2D eigenvalue weighted by atomic mass is 9.86. The van der Waals surface area contributed by atoms with Gasteiger partial charge < -0.3 is 20.9 Å². The number of benzene rings is 1. The second-order valence-electron chi connectivity index (χ2n) is 9.98. The molecule has 3 unspecified atom stereocenters. The smallest absolute Gasteiger partial charge is 0.326 e. The van der Waals surface area contributed by atoms with E-state index < -0.39 is 0 Å². The fourth-order valence-corrected chi connectivity index (χ4v) is 7.33. The van der Waals surface area contributed by atoms with E-state index in [1.165, 1.54) is 17.8 Å². The van der Waals surface area contributed by atoms with Gasteiger partial charge in [-0.3, -0.25) is 19.5 Å². The highest BCUT2D eigenvalue weighted by atomic mass is 32.2. The van der Waals surface area contributed by atoms with Crippen molar-refractivity contribution in [3.8, 4) is 11.3 Å². The van der Waals surface area contributed by atoms with E-state index in [1.807, 2.05) is 47.4 Å². The van der Waals surface area contributed by atoms with Crippen LogP contribution in [0.5, 0.6) is 0 Å². The molecule has 10 heteroatoms. The summed E-state index contributed by atoms with van der Waals surface area (Å²) < 4.78 is 0. The van der Waals surface area contributed by atoms with Crippen LogP contribution < -0.4 is 20.9 Å². The first kappa shape index (κ1) is 24.7. The number of hydrogen-bond acceptors (Lipinski definition) is 6. The van der Waals surface area contributed by atoms with Crippen molar-refractivity contribution in [3.05, 3.63) is 71.9 Å². The minimum absolute atomic E-state index is 0.00627. The molecule has 38 heavy (non-hydrogen) atoms. The van der Waals surface area contributed by atoms with E-state index in [-0.39, 0.29) is 41.2 Å². The van der Waals surface area contributed by atoms with Crippen LogP contribution in [0.4, 0.5) is 10.5 Å². The fraction of sp³-hybridized carbons (Fsp3) is 0.357. The number of nitrogens with zero attached hydrogens (tertiary/aromatic N) is 3. The fourth-order valence-electron chi connectivity index (χ4n) is 5.93. The number of pyridine rings is 1. The van der Waals surface area contributed by atoms with Crippen molar-refractivity contribution in [1.82, 2.24) is 25.8 Å². The lowest BCUT2D eigenvalue weighted by Crippen LogP contribution is -2.62. The third kappa shape index (κ3) is 4.48. The quantitative estimate of drug-likeness (QED) is 0.514. The van der Waals surface area contributed by atoms with Gasteiger partial charge in [-0.2, -0.15) is 0 Å². The van der Waals surface area contributed by atoms with E-state index in [0.29, 0.717) is 23.7 Å². The molecule has 4 amide bonds. The van der Waals surface area contributed by atoms with Gasteiger partial charge in [0, 0.05) is 48.2 Å². The van der Waals surface area contributed by atoms with Crippen molar-refractivity contribution < 1.29 is 14.4 Å². The number of piperidine rings is 2. The molecule has 6 rings (SSSR count). The number of urea groups is 1. The van der Waals surface area contributed by atoms with Crippen LogP contribution in [0.3, 0.4) is 0 Å². The van der Waals surface area contributed by atoms with Crippen molar-refractivity contribution >= 4 is 35.3 Å². The summed E-state index contributed by atoms with van der Waals surface area (Å²) in [6, 6.07) is 13.3. The van der Waals surface area contributed by atoms with Gasteiger partial charge in [-0.15, -0.1) is 0 Å². The highest BCUT2D eigenvalue weighted by Gasteiger charge is 2.51. The summed E-state index contributed by atoms with van der Waals surface area (Å²) in [7, 11) is 0. The van der Waals surface area contributed by atoms with Crippen LogP contribution in [0.2, 0.25) is 0 Å². The molecule has 0 bridgehead atoms. The third-order valence-electron chi connectivity index (χ3n) is 7.68. The zero-order chi connectivity index (χ0) is 26.2. The molecule has 196 valence electrons. The Bertz CT molecular complexity index is 1310. The monoisotopic (exact) mass is 530 g/mol.